The predicted molar refractivity (Wildman–Crippen MR) is 114 cm³/mol. The topological polar surface area (TPSA) is 78.7 Å². The summed E-state index contributed by atoms with van der Waals surface area (Å²) in [6.45, 7) is 0. The number of methoxy groups -OCH3 is 1. The molecule has 0 atom stereocenters. The average Bonchev–Trinajstić information content (AvgIpc) is 2.77. The van der Waals surface area contributed by atoms with Crippen molar-refractivity contribution in [2.45, 2.75) is 0 Å². The molecule has 156 valence electrons. The Morgan fingerprint density at radius 2 is 1.77 bits per heavy atom. The molecule has 0 amide bonds. The second-order valence-electron chi connectivity index (χ2n) is 6.32. The van der Waals surface area contributed by atoms with Gasteiger partial charge < -0.3 is 9.47 Å². The molecule has 0 aliphatic carbocycles. The summed E-state index contributed by atoms with van der Waals surface area (Å²) in [6.07, 6.45) is 4.35. The Labute approximate surface area is 178 Å². The van der Waals surface area contributed by atoms with Gasteiger partial charge in [0.05, 0.1) is 12.0 Å². The average molecular weight is 419 g/mol. The lowest BCUT2D eigenvalue weighted by Gasteiger charge is -2.12. The fourth-order valence-corrected chi connectivity index (χ4v) is 2.87. The highest BCUT2D eigenvalue weighted by molar-refractivity contribution is 5.87. The van der Waals surface area contributed by atoms with E-state index >= 15 is 0 Å². The molecule has 0 saturated heterocycles. The Morgan fingerprint density at radius 1 is 1.03 bits per heavy atom. The molecule has 0 heterocycles. The van der Waals surface area contributed by atoms with Gasteiger partial charge in [0.1, 0.15) is 17.3 Å². The fourth-order valence-electron chi connectivity index (χ4n) is 2.87. The van der Waals surface area contributed by atoms with Crippen molar-refractivity contribution < 1.29 is 23.6 Å². The predicted octanol–water partition coefficient (Wildman–Crippen LogP) is 5.34. The standard InChI is InChI=1S/C24H18FNO5/c1-30-23-10-3-2-8-22(23)21(17-6-4-7-18(25)16-17)9-5-11-24(27)31-20-14-12-19(13-15-20)26(28)29/h2-16H,1H3. The van der Waals surface area contributed by atoms with Crippen LogP contribution in [0.15, 0.2) is 91.0 Å². The number of benzene rings is 3. The van der Waals surface area contributed by atoms with Gasteiger partial charge in [-0.2, -0.15) is 0 Å². The first-order valence-corrected chi connectivity index (χ1v) is 9.22. The van der Waals surface area contributed by atoms with E-state index in [1.807, 2.05) is 18.2 Å². The van der Waals surface area contributed by atoms with E-state index in [-0.39, 0.29) is 17.3 Å². The van der Waals surface area contributed by atoms with Crippen molar-refractivity contribution >= 4 is 17.2 Å². The van der Waals surface area contributed by atoms with Gasteiger partial charge in [0.25, 0.3) is 5.69 Å². The third-order valence-electron chi connectivity index (χ3n) is 4.29. The SMILES string of the molecule is COc1ccccc1C(=CC=CC(=O)Oc1ccc([N+](=O)[O-])cc1)c1cccc(F)c1. The summed E-state index contributed by atoms with van der Waals surface area (Å²) in [7, 11) is 1.54. The van der Waals surface area contributed by atoms with E-state index in [2.05, 4.69) is 0 Å². The molecule has 0 unspecified atom stereocenters. The van der Waals surface area contributed by atoms with E-state index in [4.69, 9.17) is 9.47 Å². The Hall–Kier alpha value is -4.26. The van der Waals surface area contributed by atoms with Crippen LogP contribution >= 0.6 is 0 Å². The van der Waals surface area contributed by atoms with Crippen molar-refractivity contribution in [1.82, 2.24) is 0 Å². The lowest BCUT2D eigenvalue weighted by molar-refractivity contribution is -0.384. The van der Waals surface area contributed by atoms with Crippen molar-refractivity contribution in [3.05, 3.63) is 118 Å². The number of para-hydroxylation sites is 1. The fraction of sp³-hybridized carbons (Fsp3) is 0.0417. The van der Waals surface area contributed by atoms with Crippen LogP contribution in [0.25, 0.3) is 5.57 Å². The molecule has 0 saturated carbocycles. The largest absolute Gasteiger partial charge is 0.496 e. The van der Waals surface area contributed by atoms with Gasteiger partial charge in [-0.15, -0.1) is 0 Å². The van der Waals surface area contributed by atoms with Crippen molar-refractivity contribution in [2.75, 3.05) is 7.11 Å². The molecule has 0 fully saturated rings. The number of halogens is 1. The molecular formula is C24H18FNO5. The highest BCUT2D eigenvalue weighted by atomic mass is 19.1. The summed E-state index contributed by atoms with van der Waals surface area (Å²) in [6, 6.07) is 18.5. The zero-order valence-corrected chi connectivity index (χ0v) is 16.5. The third kappa shape index (κ3) is 5.63. The molecular weight excluding hydrogens is 401 g/mol. The van der Waals surface area contributed by atoms with E-state index in [1.165, 1.54) is 48.6 Å². The Morgan fingerprint density at radius 3 is 2.45 bits per heavy atom. The summed E-state index contributed by atoms with van der Waals surface area (Å²) in [5, 5.41) is 10.7. The number of nitro groups is 1. The van der Waals surface area contributed by atoms with Crippen LogP contribution < -0.4 is 9.47 Å². The zero-order valence-electron chi connectivity index (χ0n) is 16.5. The van der Waals surface area contributed by atoms with Gasteiger partial charge in [-0.25, -0.2) is 9.18 Å². The van der Waals surface area contributed by atoms with Crippen LogP contribution in [0.1, 0.15) is 11.1 Å². The number of nitro benzene ring substituents is 1. The summed E-state index contributed by atoms with van der Waals surface area (Å²) in [5.74, 6) is -0.275. The van der Waals surface area contributed by atoms with Crippen molar-refractivity contribution in [1.29, 1.82) is 0 Å². The van der Waals surface area contributed by atoms with Crippen LogP contribution in [-0.2, 0) is 4.79 Å². The maximum atomic E-state index is 13.8. The van der Waals surface area contributed by atoms with Crippen LogP contribution in [-0.4, -0.2) is 18.0 Å². The number of ether oxygens (including phenoxy) is 2. The first-order valence-electron chi connectivity index (χ1n) is 9.22. The van der Waals surface area contributed by atoms with Crippen LogP contribution in [0.4, 0.5) is 10.1 Å². The molecule has 3 rings (SSSR count). The van der Waals surface area contributed by atoms with Gasteiger partial charge in [0, 0.05) is 23.8 Å². The van der Waals surface area contributed by atoms with Gasteiger partial charge in [0.2, 0.25) is 0 Å². The minimum Gasteiger partial charge on any atom is -0.496 e. The van der Waals surface area contributed by atoms with Crippen molar-refractivity contribution in [3.8, 4) is 11.5 Å². The number of nitrogens with zero attached hydrogens (tertiary/aromatic N) is 1. The van der Waals surface area contributed by atoms with Crippen molar-refractivity contribution in [3.63, 3.8) is 0 Å². The molecule has 7 heteroatoms. The maximum Gasteiger partial charge on any atom is 0.336 e. The van der Waals surface area contributed by atoms with Crippen LogP contribution in [0.5, 0.6) is 11.5 Å². The smallest absolute Gasteiger partial charge is 0.336 e. The molecule has 6 nitrogen and oxygen atoms in total. The molecule has 0 spiro atoms. The number of allylic oxidation sites excluding steroid dienone is 2. The van der Waals surface area contributed by atoms with Gasteiger partial charge in [-0.1, -0.05) is 42.5 Å². The lowest BCUT2D eigenvalue weighted by atomic mass is 9.96. The highest BCUT2D eigenvalue weighted by Gasteiger charge is 2.11. The van der Waals surface area contributed by atoms with E-state index in [0.29, 0.717) is 16.9 Å². The van der Waals surface area contributed by atoms with Crippen molar-refractivity contribution in [2.24, 2.45) is 0 Å². The maximum absolute atomic E-state index is 13.8. The minimum atomic E-state index is -0.663. The molecule has 0 N–H and O–H groups in total. The molecule has 31 heavy (non-hydrogen) atoms. The summed E-state index contributed by atoms with van der Waals surface area (Å²) < 4.78 is 24.4. The quantitative estimate of drug-likeness (QED) is 0.129. The second kappa shape index (κ2) is 9.98. The van der Waals surface area contributed by atoms with E-state index in [9.17, 15) is 19.3 Å². The minimum absolute atomic E-state index is 0.102. The number of carbonyl (C=O) groups is 1. The summed E-state index contributed by atoms with van der Waals surface area (Å²) in [5.41, 5.74) is 1.88. The lowest BCUT2D eigenvalue weighted by Crippen LogP contribution is -2.03. The first-order chi connectivity index (χ1) is 15.0. The molecule has 3 aromatic rings. The second-order valence-corrected chi connectivity index (χ2v) is 6.32. The number of hydrogen-bond acceptors (Lipinski definition) is 5. The first kappa shape index (κ1) is 21.4. The Balaban J connectivity index is 1.85. The van der Waals surface area contributed by atoms with Gasteiger partial charge in [-0.05, 0) is 41.5 Å². The monoisotopic (exact) mass is 419 g/mol. The van der Waals surface area contributed by atoms with Gasteiger partial charge in [-0.3, -0.25) is 10.1 Å². The summed E-state index contributed by atoms with van der Waals surface area (Å²) >= 11 is 0. The van der Waals surface area contributed by atoms with E-state index in [0.717, 1.165) is 5.56 Å². The molecule has 0 aromatic heterocycles. The molecule has 0 bridgehead atoms. The number of hydrogen-bond donors (Lipinski definition) is 0. The van der Waals surface area contributed by atoms with Gasteiger partial charge in [0.15, 0.2) is 0 Å². The van der Waals surface area contributed by atoms with Crippen LogP contribution in [0.3, 0.4) is 0 Å². The normalized spacial score (nSPS) is 11.4. The highest BCUT2D eigenvalue weighted by Crippen LogP contribution is 2.31. The number of esters is 1. The molecule has 3 aromatic carbocycles. The van der Waals surface area contributed by atoms with E-state index < -0.39 is 10.9 Å². The number of non-ortho nitro benzene ring substituents is 1. The summed E-state index contributed by atoms with van der Waals surface area (Å²) in [4.78, 5) is 22.3. The van der Waals surface area contributed by atoms with Gasteiger partial charge >= 0.3 is 5.97 Å². The van der Waals surface area contributed by atoms with E-state index in [1.54, 1.807) is 31.4 Å². The third-order valence-corrected chi connectivity index (χ3v) is 4.29. The number of carbonyl (C=O) groups excluding carboxylic acids is 1. The Bertz CT molecular complexity index is 1150. The number of rotatable bonds is 7. The molecule has 0 aliphatic rings. The molecule has 0 radical (unpaired) electrons. The zero-order chi connectivity index (χ0) is 22.2. The van der Waals surface area contributed by atoms with Crippen LogP contribution in [0, 0.1) is 15.9 Å². The Kier molecular flexibility index (Phi) is 6.90. The van der Waals surface area contributed by atoms with Crippen LogP contribution in [0.2, 0.25) is 0 Å². The molecule has 0 aliphatic heterocycles.